The van der Waals surface area contributed by atoms with Crippen LogP contribution < -0.4 is 4.74 Å². The summed E-state index contributed by atoms with van der Waals surface area (Å²) in [6.45, 7) is 6.54. The van der Waals surface area contributed by atoms with Gasteiger partial charge in [0.2, 0.25) is 0 Å². The average molecular weight is 252 g/mol. The highest BCUT2D eigenvalue weighted by molar-refractivity contribution is 5.78. The minimum absolute atomic E-state index is 0.246. The van der Waals surface area contributed by atoms with Crippen molar-refractivity contribution in [3.8, 4) is 16.9 Å². The van der Waals surface area contributed by atoms with E-state index in [2.05, 4.69) is 63.2 Å². The molecule has 98 valence electrons. The summed E-state index contributed by atoms with van der Waals surface area (Å²) in [5, 5.41) is 0. The Labute approximate surface area is 115 Å². The van der Waals surface area contributed by atoms with Crippen molar-refractivity contribution in [1.29, 1.82) is 0 Å². The summed E-state index contributed by atoms with van der Waals surface area (Å²) in [7, 11) is 0. The van der Waals surface area contributed by atoms with Gasteiger partial charge in [-0.15, -0.1) is 0 Å². The minimum Gasteiger partial charge on any atom is -0.490 e. The number of hydrogen-bond acceptors (Lipinski definition) is 1. The van der Waals surface area contributed by atoms with Crippen molar-refractivity contribution in [2.45, 2.75) is 33.3 Å². The lowest BCUT2D eigenvalue weighted by Crippen LogP contribution is -2.19. The van der Waals surface area contributed by atoms with Crippen LogP contribution in [0.1, 0.15) is 31.9 Å². The normalized spacial score (nSPS) is 14.1. The summed E-state index contributed by atoms with van der Waals surface area (Å²) in [4.78, 5) is 0. The topological polar surface area (TPSA) is 9.23 Å². The van der Waals surface area contributed by atoms with Gasteiger partial charge in [-0.2, -0.15) is 0 Å². The van der Waals surface area contributed by atoms with Crippen LogP contribution in [0.4, 0.5) is 0 Å². The van der Waals surface area contributed by atoms with E-state index in [9.17, 15) is 0 Å². The molecular weight excluding hydrogens is 232 g/mol. The molecule has 0 aliphatic heterocycles. The summed E-state index contributed by atoms with van der Waals surface area (Å²) >= 11 is 0. The maximum atomic E-state index is 6.15. The van der Waals surface area contributed by atoms with Gasteiger partial charge in [-0.05, 0) is 35.6 Å². The highest BCUT2D eigenvalue weighted by Crippen LogP contribution is 2.41. The van der Waals surface area contributed by atoms with E-state index >= 15 is 0 Å². The highest BCUT2D eigenvalue weighted by atomic mass is 16.5. The zero-order chi connectivity index (χ0) is 13.4. The van der Waals surface area contributed by atoms with Gasteiger partial charge in [-0.1, -0.05) is 50.2 Å². The van der Waals surface area contributed by atoms with Gasteiger partial charge in [0.15, 0.2) is 0 Å². The largest absolute Gasteiger partial charge is 0.490 e. The summed E-state index contributed by atoms with van der Waals surface area (Å²) in [5.41, 5.74) is 5.45. The first-order valence-electron chi connectivity index (χ1n) is 7.03. The SMILES string of the molecule is CC(C)C(C)Oc1cccc2c1Cc1ccccc1-2. The van der Waals surface area contributed by atoms with Gasteiger partial charge in [0.1, 0.15) is 5.75 Å². The molecule has 0 saturated carbocycles. The first-order valence-corrected chi connectivity index (χ1v) is 7.03. The number of benzene rings is 2. The van der Waals surface area contributed by atoms with Gasteiger partial charge in [0, 0.05) is 12.0 Å². The molecule has 0 N–H and O–H groups in total. The van der Waals surface area contributed by atoms with E-state index in [1.807, 2.05) is 0 Å². The maximum Gasteiger partial charge on any atom is 0.123 e. The smallest absolute Gasteiger partial charge is 0.123 e. The van der Waals surface area contributed by atoms with Crippen molar-refractivity contribution in [1.82, 2.24) is 0 Å². The Bertz CT molecular complexity index is 598. The Balaban J connectivity index is 1.99. The van der Waals surface area contributed by atoms with Crippen LogP contribution in [0, 0.1) is 5.92 Å². The van der Waals surface area contributed by atoms with Crippen LogP contribution in [-0.4, -0.2) is 6.10 Å². The third kappa shape index (κ3) is 2.14. The number of hydrogen-bond donors (Lipinski definition) is 0. The Morgan fingerprint density at radius 1 is 0.895 bits per heavy atom. The Kier molecular flexibility index (Phi) is 3.06. The zero-order valence-electron chi connectivity index (χ0n) is 11.8. The fraction of sp³-hybridized carbons (Fsp3) is 0.333. The quantitative estimate of drug-likeness (QED) is 0.657. The number of fused-ring (bicyclic) bond motifs is 3. The Morgan fingerprint density at radius 2 is 1.63 bits per heavy atom. The molecule has 0 radical (unpaired) electrons. The van der Waals surface area contributed by atoms with Gasteiger partial charge in [-0.25, -0.2) is 0 Å². The lowest BCUT2D eigenvalue weighted by Gasteiger charge is -2.20. The summed E-state index contributed by atoms with van der Waals surface area (Å²) in [5.74, 6) is 1.58. The Morgan fingerprint density at radius 3 is 2.42 bits per heavy atom. The lowest BCUT2D eigenvalue weighted by atomic mass is 10.1. The van der Waals surface area contributed by atoms with E-state index in [4.69, 9.17) is 4.74 Å². The molecular formula is C18H20O. The monoisotopic (exact) mass is 252 g/mol. The highest BCUT2D eigenvalue weighted by Gasteiger charge is 2.22. The second-order valence-corrected chi connectivity index (χ2v) is 5.68. The second-order valence-electron chi connectivity index (χ2n) is 5.68. The fourth-order valence-corrected chi connectivity index (χ4v) is 2.57. The van der Waals surface area contributed by atoms with Crippen LogP contribution in [0.25, 0.3) is 11.1 Å². The summed E-state index contributed by atoms with van der Waals surface area (Å²) in [6, 6.07) is 15.0. The molecule has 0 amide bonds. The van der Waals surface area contributed by atoms with Gasteiger partial charge in [0.25, 0.3) is 0 Å². The van der Waals surface area contributed by atoms with E-state index in [-0.39, 0.29) is 6.10 Å². The van der Waals surface area contributed by atoms with E-state index in [0.29, 0.717) is 5.92 Å². The van der Waals surface area contributed by atoms with Gasteiger partial charge >= 0.3 is 0 Å². The van der Waals surface area contributed by atoms with E-state index in [0.717, 1.165) is 12.2 Å². The number of rotatable bonds is 3. The third-order valence-electron chi connectivity index (χ3n) is 4.06. The van der Waals surface area contributed by atoms with Gasteiger partial charge in [-0.3, -0.25) is 0 Å². The molecule has 3 rings (SSSR count). The van der Waals surface area contributed by atoms with E-state index < -0.39 is 0 Å². The van der Waals surface area contributed by atoms with Crippen LogP contribution in [0.15, 0.2) is 42.5 Å². The molecule has 1 heteroatoms. The summed E-state index contributed by atoms with van der Waals surface area (Å²) < 4.78 is 6.15. The minimum atomic E-state index is 0.246. The fourth-order valence-electron chi connectivity index (χ4n) is 2.57. The lowest BCUT2D eigenvalue weighted by molar-refractivity contribution is 0.169. The zero-order valence-corrected chi connectivity index (χ0v) is 11.8. The molecule has 2 aromatic carbocycles. The molecule has 0 heterocycles. The molecule has 1 nitrogen and oxygen atoms in total. The molecule has 0 bridgehead atoms. The van der Waals surface area contributed by atoms with Gasteiger partial charge in [0.05, 0.1) is 6.10 Å². The van der Waals surface area contributed by atoms with Crippen LogP contribution in [0.2, 0.25) is 0 Å². The molecule has 1 unspecified atom stereocenters. The molecule has 1 atom stereocenters. The first-order chi connectivity index (χ1) is 9.16. The standard InChI is InChI=1S/C18H20O/c1-12(2)13(3)19-18-10-6-9-16-15-8-5-4-7-14(15)11-17(16)18/h4-10,12-13H,11H2,1-3H3. The van der Waals surface area contributed by atoms with Crippen LogP contribution >= 0.6 is 0 Å². The van der Waals surface area contributed by atoms with Crippen molar-refractivity contribution < 1.29 is 4.74 Å². The van der Waals surface area contributed by atoms with Crippen molar-refractivity contribution in [2.75, 3.05) is 0 Å². The van der Waals surface area contributed by atoms with Crippen LogP contribution in [0.3, 0.4) is 0 Å². The summed E-state index contributed by atoms with van der Waals surface area (Å²) in [6.07, 6.45) is 1.24. The molecule has 0 fully saturated rings. The van der Waals surface area contributed by atoms with Crippen molar-refractivity contribution in [3.63, 3.8) is 0 Å². The van der Waals surface area contributed by atoms with Crippen LogP contribution in [0.5, 0.6) is 5.75 Å². The second kappa shape index (κ2) is 4.73. The first kappa shape index (κ1) is 12.3. The van der Waals surface area contributed by atoms with E-state index in [1.54, 1.807) is 0 Å². The Hall–Kier alpha value is -1.76. The predicted molar refractivity (Wildman–Crippen MR) is 79.6 cm³/mol. The van der Waals surface area contributed by atoms with Crippen molar-refractivity contribution >= 4 is 0 Å². The molecule has 0 aromatic heterocycles. The van der Waals surface area contributed by atoms with E-state index in [1.165, 1.54) is 22.3 Å². The van der Waals surface area contributed by atoms with Crippen molar-refractivity contribution in [3.05, 3.63) is 53.6 Å². The molecule has 0 saturated heterocycles. The maximum absolute atomic E-state index is 6.15. The molecule has 0 spiro atoms. The third-order valence-corrected chi connectivity index (χ3v) is 4.06. The molecule has 1 aliphatic carbocycles. The average Bonchev–Trinajstić information content (AvgIpc) is 2.78. The number of ether oxygens (including phenoxy) is 1. The predicted octanol–water partition coefficient (Wildman–Crippen LogP) is 4.68. The van der Waals surface area contributed by atoms with Crippen molar-refractivity contribution in [2.24, 2.45) is 5.92 Å². The molecule has 1 aliphatic rings. The molecule has 2 aromatic rings. The van der Waals surface area contributed by atoms with Crippen LogP contribution in [-0.2, 0) is 6.42 Å². The molecule has 19 heavy (non-hydrogen) atoms. The van der Waals surface area contributed by atoms with Gasteiger partial charge < -0.3 is 4.74 Å².